The summed E-state index contributed by atoms with van der Waals surface area (Å²) in [7, 11) is 0. The van der Waals surface area contributed by atoms with Gasteiger partial charge in [-0.3, -0.25) is 0 Å². The van der Waals surface area contributed by atoms with Gasteiger partial charge in [-0.1, -0.05) is 0 Å². The molecule has 0 atom stereocenters. The molecule has 0 N–H and O–H groups in total. The second-order valence-electron chi connectivity index (χ2n) is 3.86. The summed E-state index contributed by atoms with van der Waals surface area (Å²) in [6, 6.07) is 4.29. The molecule has 0 aromatic carbocycles. The number of aryl methyl sites for hydroxylation is 1. The van der Waals surface area contributed by atoms with Crippen molar-refractivity contribution in [3.63, 3.8) is 0 Å². The third kappa shape index (κ3) is 2.18. The van der Waals surface area contributed by atoms with Crippen LogP contribution in [0.3, 0.4) is 0 Å². The van der Waals surface area contributed by atoms with E-state index in [0.717, 1.165) is 6.54 Å². The Labute approximate surface area is 103 Å². The molecule has 2 aromatic rings. The maximum atomic E-state index is 3.49. The molecule has 0 aliphatic rings. The highest BCUT2D eigenvalue weighted by Gasteiger charge is 2.06. The zero-order valence-corrected chi connectivity index (χ0v) is 11.6. The summed E-state index contributed by atoms with van der Waals surface area (Å²) in [6.07, 6.45) is 2.23. The first-order chi connectivity index (χ1) is 7.08. The van der Waals surface area contributed by atoms with Crippen LogP contribution in [0.4, 0.5) is 0 Å². The highest BCUT2D eigenvalue weighted by molar-refractivity contribution is 9.11. The van der Waals surface area contributed by atoms with Gasteiger partial charge in [0.25, 0.3) is 0 Å². The molecule has 80 valence electrons. The molecular weight excluding hydrogens is 270 g/mol. The Kier molecular flexibility index (Phi) is 3.03. The van der Waals surface area contributed by atoms with Crippen LogP contribution in [0.5, 0.6) is 0 Å². The van der Waals surface area contributed by atoms with Crippen LogP contribution in [0.25, 0.3) is 0 Å². The number of aromatic nitrogens is 1. The van der Waals surface area contributed by atoms with Gasteiger partial charge in [-0.2, -0.15) is 0 Å². The van der Waals surface area contributed by atoms with Crippen LogP contribution in [0.15, 0.2) is 22.1 Å². The van der Waals surface area contributed by atoms with E-state index in [4.69, 9.17) is 0 Å². The number of nitrogens with zero attached hydrogens (tertiary/aromatic N) is 1. The Morgan fingerprint density at radius 1 is 1.27 bits per heavy atom. The Morgan fingerprint density at radius 2 is 2.00 bits per heavy atom. The Balaban J connectivity index is 2.28. The minimum Gasteiger partial charge on any atom is -0.346 e. The molecule has 0 amide bonds. The molecule has 0 bridgehead atoms. The summed E-state index contributed by atoms with van der Waals surface area (Å²) in [5, 5.41) is 0. The van der Waals surface area contributed by atoms with Crippen LogP contribution >= 0.6 is 27.3 Å². The molecule has 2 heterocycles. The van der Waals surface area contributed by atoms with E-state index in [1.54, 1.807) is 11.3 Å². The maximum absolute atomic E-state index is 3.49. The monoisotopic (exact) mass is 283 g/mol. The van der Waals surface area contributed by atoms with Gasteiger partial charge >= 0.3 is 0 Å². The zero-order valence-electron chi connectivity index (χ0n) is 9.17. The average Bonchev–Trinajstić information content (AvgIpc) is 2.68. The van der Waals surface area contributed by atoms with Gasteiger partial charge in [0.1, 0.15) is 0 Å². The fourth-order valence-corrected chi connectivity index (χ4v) is 3.18. The first kappa shape index (κ1) is 11.0. The van der Waals surface area contributed by atoms with E-state index in [1.807, 2.05) is 0 Å². The van der Waals surface area contributed by atoms with Crippen molar-refractivity contribution < 1.29 is 0 Å². The summed E-state index contributed by atoms with van der Waals surface area (Å²) >= 11 is 5.30. The fraction of sp³-hybridized carbons (Fsp3) is 0.333. The van der Waals surface area contributed by atoms with Crippen LogP contribution < -0.4 is 0 Å². The van der Waals surface area contributed by atoms with Gasteiger partial charge in [0.2, 0.25) is 0 Å². The quantitative estimate of drug-likeness (QED) is 0.775. The topological polar surface area (TPSA) is 4.93 Å². The molecule has 0 unspecified atom stereocenters. The molecular formula is C12H14BrNS. The molecule has 0 radical (unpaired) electrons. The summed E-state index contributed by atoms with van der Waals surface area (Å²) in [4.78, 5) is 1.39. The van der Waals surface area contributed by atoms with Gasteiger partial charge in [-0.15, -0.1) is 11.3 Å². The SMILES string of the molecule is Cc1cn(Cc2ccc(Br)s2)c(C)c1C. The van der Waals surface area contributed by atoms with E-state index in [9.17, 15) is 0 Å². The summed E-state index contributed by atoms with van der Waals surface area (Å²) in [5.74, 6) is 0. The lowest BCUT2D eigenvalue weighted by Gasteiger charge is -2.04. The molecule has 0 spiro atoms. The molecule has 2 rings (SSSR count). The van der Waals surface area contributed by atoms with Crippen LogP contribution in [0.2, 0.25) is 0 Å². The smallest absolute Gasteiger partial charge is 0.0702 e. The second kappa shape index (κ2) is 4.14. The van der Waals surface area contributed by atoms with Crippen LogP contribution in [-0.2, 0) is 6.54 Å². The minimum absolute atomic E-state index is 0.983. The van der Waals surface area contributed by atoms with Gasteiger partial charge in [-0.25, -0.2) is 0 Å². The van der Waals surface area contributed by atoms with Crippen molar-refractivity contribution in [2.24, 2.45) is 0 Å². The molecule has 0 aliphatic heterocycles. The van der Waals surface area contributed by atoms with Gasteiger partial charge in [0, 0.05) is 16.8 Å². The molecule has 0 fully saturated rings. The molecule has 15 heavy (non-hydrogen) atoms. The van der Waals surface area contributed by atoms with E-state index in [0.29, 0.717) is 0 Å². The summed E-state index contributed by atoms with van der Waals surface area (Å²) < 4.78 is 3.53. The van der Waals surface area contributed by atoms with Crippen molar-refractivity contribution in [3.05, 3.63) is 43.8 Å². The number of rotatable bonds is 2. The summed E-state index contributed by atoms with van der Waals surface area (Å²) in [5.41, 5.74) is 4.16. The fourth-order valence-electron chi connectivity index (χ4n) is 1.70. The lowest BCUT2D eigenvalue weighted by molar-refractivity contribution is 0.783. The van der Waals surface area contributed by atoms with E-state index in [2.05, 4.69) is 59.6 Å². The molecule has 3 heteroatoms. The molecule has 2 aromatic heterocycles. The Hall–Kier alpha value is -0.540. The minimum atomic E-state index is 0.983. The molecule has 0 saturated carbocycles. The van der Waals surface area contributed by atoms with Crippen LogP contribution in [-0.4, -0.2) is 4.57 Å². The predicted molar refractivity (Wildman–Crippen MR) is 69.8 cm³/mol. The summed E-state index contributed by atoms with van der Waals surface area (Å²) in [6.45, 7) is 7.52. The van der Waals surface area contributed by atoms with E-state index < -0.39 is 0 Å². The number of halogens is 1. The lowest BCUT2D eigenvalue weighted by Crippen LogP contribution is -1.98. The highest BCUT2D eigenvalue weighted by Crippen LogP contribution is 2.24. The number of hydrogen-bond donors (Lipinski definition) is 0. The largest absolute Gasteiger partial charge is 0.346 e. The van der Waals surface area contributed by atoms with E-state index >= 15 is 0 Å². The second-order valence-corrected chi connectivity index (χ2v) is 6.40. The van der Waals surface area contributed by atoms with Crippen molar-refractivity contribution in [1.29, 1.82) is 0 Å². The third-order valence-corrected chi connectivity index (χ3v) is 4.48. The number of thiophene rings is 1. The Morgan fingerprint density at radius 3 is 2.47 bits per heavy atom. The molecule has 0 saturated heterocycles. The van der Waals surface area contributed by atoms with E-state index in [1.165, 1.54) is 25.5 Å². The van der Waals surface area contributed by atoms with Gasteiger partial charge in [0.05, 0.1) is 10.3 Å². The number of hydrogen-bond acceptors (Lipinski definition) is 1. The lowest BCUT2D eigenvalue weighted by atomic mass is 10.2. The van der Waals surface area contributed by atoms with Crippen LogP contribution in [0, 0.1) is 20.8 Å². The van der Waals surface area contributed by atoms with Crippen molar-refractivity contribution in [2.45, 2.75) is 27.3 Å². The average molecular weight is 284 g/mol. The first-order valence-electron chi connectivity index (χ1n) is 4.95. The molecule has 1 nitrogen and oxygen atoms in total. The maximum Gasteiger partial charge on any atom is 0.0702 e. The van der Waals surface area contributed by atoms with Gasteiger partial charge < -0.3 is 4.57 Å². The Bertz CT molecular complexity index is 482. The van der Waals surface area contributed by atoms with Gasteiger partial charge in [0.15, 0.2) is 0 Å². The van der Waals surface area contributed by atoms with Crippen LogP contribution in [0.1, 0.15) is 21.7 Å². The first-order valence-corrected chi connectivity index (χ1v) is 6.56. The van der Waals surface area contributed by atoms with Crippen molar-refractivity contribution >= 4 is 27.3 Å². The van der Waals surface area contributed by atoms with E-state index in [-0.39, 0.29) is 0 Å². The predicted octanol–water partition coefficient (Wildman–Crippen LogP) is 4.29. The normalized spacial score (nSPS) is 10.9. The van der Waals surface area contributed by atoms with Crippen molar-refractivity contribution in [3.8, 4) is 0 Å². The zero-order chi connectivity index (χ0) is 11.0. The standard InChI is InChI=1S/C12H14BrNS/c1-8-6-14(10(3)9(8)2)7-11-4-5-12(13)15-11/h4-6H,7H2,1-3H3. The molecule has 0 aliphatic carbocycles. The van der Waals surface area contributed by atoms with Gasteiger partial charge in [-0.05, 0) is 60.0 Å². The van der Waals surface area contributed by atoms with Crippen molar-refractivity contribution in [2.75, 3.05) is 0 Å². The highest BCUT2D eigenvalue weighted by atomic mass is 79.9. The third-order valence-electron chi connectivity index (χ3n) is 2.87. The van der Waals surface area contributed by atoms with Crippen molar-refractivity contribution in [1.82, 2.24) is 4.57 Å².